The lowest BCUT2D eigenvalue weighted by molar-refractivity contribution is 0.0598. The summed E-state index contributed by atoms with van der Waals surface area (Å²) in [6.07, 6.45) is 2.24. The van der Waals surface area contributed by atoms with Gasteiger partial charge in [0, 0.05) is 5.75 Å². The van der Waals surface area contributed by atoms with Gasteiger partial charge in [-0.3, -0.25) is 9.00 Å². The Morgan fingerprint density at radius 1 is 1.42 bits per heavy atom. The Morgan fingerprint density at radius 3 is 2.67 bits per heavy atom. The maximum absolute atomic E-state index is 12.8. The number of carbonyl (C=O) groups is 1. The number of hydrogen-bond donors (Lipinski definition) is 0. The summed E-state index contributed by atoms with van der Waals surface area (Å²) < 4.78 is 18.2. The number of rotatable bonds is 5. The number of pyridine rings is 1. The van der Waals surface area contributed by atoms with Gasteiger partial charge in [0.05, 0.1) is 22.9 Å². The fraction of sp³-hybridized carbons (Fsp3) is 0.667. The molecular weight excluding hydrogens is 324 g/mol. The normalized spacial score (nSPS) is 21.3. The van der Waals surface area contributed by atoms with Gasteiger partial charge < -0.3 is 9.64 Å². The van der Waals surface area contributed by atoms with Crippen LogP contribution in [0.25, 0.3) is 0 Å². The van der Waals surface area contributed by atoms with Gasteiger partial charge in [-0.2, -0.15) is 0 Å². The first-order chi connectivity index (χ1) is 11.3. The highest BCUT2D eigenvalue weighted by Gasteiger charge is 2.38. The monoisotopic (exact) mass is 350 g/mol. The van der Waals surface area contributed by atoms with E-state index in [0.717, 1.165) is 18.4 Å². The van der Waals surface area contributed by atoms with E-state index in [-0.39, 0.29) is 18.2 Å². The van der Waals surface area contributed by atoms with Gasteiger partial charge >= 0.3 is 0 Å². The molecule has 0 radical (unpaired) electrons. The molecule has 2 fully saturated rings. The van der Waals surface area contributed by atoms with Crippen LogP contribution in [0.4, 0.5) is 0 Å². The van der Waals surface area contributed by atoms with Gasteiger partial charge in [0.25, 0.3) is 5.91 Å². The zero-order valence-electron chi connectivity index (χ0n) is 14.9. The third-order valence-corrected chi connectivity index (χ3v) is 6.21. The number of nitrogens with zero attached hydrogens (tertiary/aromatic N) is 2. The Kier molecular flexibility index (Phi) is 4.80. The summed E-state index contributed by atoms with van der Waals surface area (Å²) in [6, 6.07) is 3.73. The van der Waals surface area contributed by atoms with Crippen LogP contribution in [-0.4, -0.2) is 44.6 Å². The molecule has 132 valence electrons. The van der Waals surface area contributed by atoms with E-state index in [0.29, 0.717) is 34.9 Å². The largest absolute Gasteiger partial charge is 0.359 e. The van der Waals surface area contributed by atoms with Crippen LogP contribution >= 0.6 is 0 Å². The van der Waals surface area contributed by atoms with Crippen molar-refractivity contribution < 1.29 is 13.7 Å². The lowest BCUT2D eigenvalue weighted by atomic mass is 10.1. The minimum atomic E-state index is -1.17. The Bertz CT molecular complexity index is 668. The highest BCUT2D eigenvalue weighted by Crippen LogP contribution is 2.42. The summed E-state index contributed by atoms with van der Waals surface area (Å²) >= 11 is 0. The standard InChI is InChI=1S/C18H26N2O3S/c1-12(2)9-24(22)16-14(13-5-6-13)7-8-15(19-16)17(21)20-11-23-10-18(20,3)4/h7-8,12-13H,5-6,9-11H2,1-4H3. The molecule has 1 atom stereocenters. The van der Waals surface area contributed by atoms with Crippen LogP contribution in [0.3, 0.4) is 0 Å². The van der Waals surface area contributed by atoms with Crippen molar-refractivity contribution in [2.24, 2.45) is 5.92 Å². The highest BCUT2D eigenvalue weighted by atomic mass is 32.2. The summed E-state index contributed by atoms with van der Waals surface area (Å²) in [5.41, 5.74) is 1.08. The molecule has 6 heteroatoms. The van der Waals surface area contributed by atoms with E-state index in [9.17, 15) is 9.00 Å². The van der Waals surface area contributed by atoms with Crippen molar-refractivity contribution in [1.82, 2.24) is 9.88 Å². The Balaban J connectivity index is 1.92. The van der Waals surface area contributed by atoms with Crippen molar-refractivity contribution in [2.75, 3.05) is 19.1 Å². The van der Waals surface area contributed by atoms with E-state index in [1.165, 1.54) is 0 Å². The Morgan fingerprint density at radius 2 is 2.12 bits per heavy atom. The number of aromatic nitrogens is 1. The topological polar surface area (TPSA) is 59.5 Å². The van der Waals surface area contributed by atoms with Gasteiger partial charge in [-0.25, -0.2) is 4.98 Å². The highest BCUT2D eigenvalue weighted by molar-refractivity contribution is 7.85. The molecule has 0 aromatic carbocycles. The first-order valence-electron chi connectivity index (χ1n) is 8.58. The summed E-state index contributed by atoms with van der Waals surface area (Å²) in [7, 11) is -1.17. The minimum absolute atomic E-state index is 0.150. The molecule has 1 aromatic rings. The fourth-order valence-corrected chi connectivity index (χ4v) is 4.41. The minimum Gasteiger partial charge on any atom is -0.359 e. The molecule has 0 N–H and O–H groups in total. The summed E-state index contributed by atoms with van der Waals surface area (Å²) in [5, 5.41) is 0.606. The first kappa shape index (κ1) is 17.5. The van der Waals surface area contributed by atoms with Crippen molar-refractivity contribution >= 4 is 16.7 Å². The van der Waals surface area contributed by atoms with E-state index in [2.05, 4.69) is 4.98 Å². The second-order valence-corrected chi connectivity index (χ2v) is 9.21. The second-order valence-electron chi connectivity index (χ2n) is 7.79. The molecule has 5 nitrogen and oxygen atoms in total. The van der Waals surface area contributed by atoms with E-state index in [1.54, 1.807) is 11.0 Å². The van der Waals surface area contributed by atoms with Crippen molar-refractivity contribution in [3.05, 3.63) is 23.4 Å². The van der Waals surface area contributed by atoms with Crippen molar-refractivity contribution in [3.8, 4) is 0 Å². The van der Waals surface area contributed by atoms with E-state index in [1.807, 2.05) is 33.8 Å². The predicted molar refractivity (Wildman–Crippen MR) is 93.4 cm³/mol. The third-order valence-electron chi connectivity index (χ3n) is 4.48. The van der Waals surface area contributed by atoms with Crippen LogP contribution in [0.5, 0.6) is 0 Å². The predicted octanol–water partition coefficient (Wildman–Crippen LogP) is 2.93. The van der Waals surface area contributed by atoms with Crippen molar-refractivity contribution in [2.45, 2.75) is 57.0 Å². The van der Waals surface area contributed by atoms with Gasteiger partial charge in [-0.05, 0) is 50.2 Å². The molecule has 1 aliphatic carbocycles. The molecule has 24 heavy (non-hydrogen) atoms. The Labute approximate surface area is 146 Å². The Hall–Kier alpha value is -1.27. The molecule has 1 amide bonds. The molecule has 1 aromatic heterocycles. The first-order valence-corrected chi connectivity index (χ1v) is 9.90. The van der Waals surface area contributed by atoms with E-state index < -0.39 is 10.8 Å². The smallest absolute Gasteiger partial charge is 0.274 e. The van der Waals surface area contributed by atoms with E-state index in [4.69, 9.17) is 4.74 Å². The summed E-state index contributed by atoms with van der Waals surface area (Å²) in [4.78, 5) is 19.1. The number of hydrogen-bond acceptors (Lipinski definition) is 4. The van der Waals surface area contributed by atoms with Crippen LogP contribution in [0, 0.1) is 5.92 Å². The van der Waals surface area contributed by atoms with E-state index >= 15 is 0 Å². The molecule has 2 heterocycles. The lowest BCUT2D eigenvalue weighted by Gasteiger charge is -2.28. The van der Waals surface area contributed by atoms with Crippen LogP contribution in [0.15, 0.2) is 17.2 Å². The van der Waals surface area contributed by atoms with Crippen molar-refractivity contribution in [3.63, 3.8) is 0 Å². The fourth-order valence-electron chi connectivity index (χ4n) is 2.95. The second kappa shape index (κ2) is 6.56. The van der Waals surface area contributed by atoms with Gasteiger partial charge in [-0.1, -0.05) is 19.9 Å². The van der Waals surface area contributed by atoms with Gasteiger partial charge in [0.1, 0.15) is 17.5 Å². The molecule has 0 spiro atoms. The average Bonchev–Trinajstić information content (AvgIpc) is 3.28. The zero-order chi connectivity index (χ0) is 17.5. The number of amides is 1. The van der Waals surface area contributed by atoms with Gasteiger partial charge in [0.2, 0.25) is 0 Å². The van der Waals surface area contributed by atoms with Crippen LogP contribution in [0.1, 0.15) is 62.5 Å². The number of ether oxygens (including phenoxy) is 1. The van der Waals surface area contributed by atoms with Crippen LogP contribution in [-0.2, 0) is 15.5 Å². The molecule has 1 saturated heterocycles. The third kappa shape index (κ3) is 3.54. The molecule has 1 aliphatic heterocycles. The summed E-state index contributed by atoms with van der Waals surface area (Å²) in [6.45, 7) is 8.86. The van der Waals surface area contributed by atoms with Crippen LogP contribution < -0.4 is 0 Å². The quantitative estimate of drug-likeness (QED) is 0.819. The molecule has 3 rings (SSSR count). The van der Waals surface area contributed by atoms with Crippen molar-refractivity contribution in [1.29, 1.82) is 0 Å². The molecule has 0 bridgehead atoms. The number of carbonyl (C=O) groups excluding carboxylic acids is 1. The molecule has 2 aliphatic rings. The SMILES string of the molecule is CC(C)CS(=O)c1nc(C(=O)N2COCC2(C)C)ccc1C1CC1. The molecule has 1 unspecified atom stereocenters. The van der Waals surface area contributed by atoms with Gasteiger partial charge in [0.15, 0.2) is 0 Å². The molecular formula is C18H26N2O3S. The molecule has 1 saturated carbocycles. The lowest BCUT2D eigenvalue weighted by Crippen LogP contribution is -2.44. The maximum atomic E-state index is 12.8. The van der Waals surface area contributed by atoms with Gasteiger partial charge in [-0.15, -0.1) is 0 Å². The zero-order valence-corrected chi connectivity index (χ0v) is 15.7. The maximum Gasteiger partial charge on any atom is 0.274 e. The average molecular weight is 350 g/mol. The summed E-state index contributed by atoms with van der Waals surface area (Å²) in [5.74, 6) is 1.20. The van der Waals surface area contributed by atoms with Crippen LogP contribution in [0.2, 0.25) is 0 Å².